The summed E-state index contributed by atoms with van der Waals surface area (Å²) in [5.41, 5.74) is 0.115. The second kappa shape index (κ2) is 9.65. The van der Waals surface area contributed by atoms with Gasteiger partial charge in [-0.3, -0.25) is 14.9 Å². The SMILES string of the molecule is COc1c(N2CCc3sc([N+](=O)[O-])cc3C2)c(F)cc2c(=O)c(C(=O)O)cn(C3CC3)c12.F[B-](F)(F)F. The van der Waals surface area contributed by atoms with Crippen molar-refractivity contribution in [3.63, 3.8) is 0 Å². The van der Waals surface area contributed by atoms with Gasteiger partial charge in [-0.15, -0.1) is 0 Å². The van der Waals surface area contributed by atoms with E-state index in [0.29, 0.717) is 18.5 Å². The predicted octanol–water partition coefficient (Wildman–Crippen LogP) is 5.01. The van der Waals surface area contributed by atoms with Crippen LogP contribution >= 0.6 is 11.3 Å². The van der Waals surface area contributed by atoms with Gasteiger partial charge in [0.05, 0.1) is 22.9 Å². The van der Waals surface area contributed by atoms with Gasteiger partial charge in [0.25, 0.3) is 0 Å². The molecule has 2 aliphatic rings. The average Bonchev–Trinajstić information content (AvgIpc) is 3.54. The van der Waals surface area contributed by atoms with Crippen LogP contribution in [0.15, 0.2) is 23.1 Å². The molecule has 0 spiro atoms. The summed E-state index contributed by atoms with van der Waals surface area (Å²) in [6.45, 7) is 0.684. The normalized spacial score (nSPS) is 15.1. The molecule has 1 fully saturated rings. The molecule has 0 radical (unpaired) electrons. The molecule has 2 aromatic heterocycles. The Balaban J connectivity index is 0.000000586. The summed E-state index contributed by atoms with van der Waals surface area (Å²) in [4.78, 5) is 37.7. The Morgan fingerprint density at radius 3 is 2.46 bits per heavy atom. The molecule has 1 saturated carbocycles. The van der Waals surface area contributed by atoms with Crippen molar-refractivity contribution in [1.82, 2.24) is 4.57 Å². The molecule has 1 N–H and O–H groups in total. The zero-order chi connectivity index (χ0) is 27.2. The van der Waals surface area contributed by atoms with Crippen LogP contribution in [0.1, 0.15) is 39.7 Å². The number of halogens is 5. The molecule has 1 aromatic carbocycles. The van der Waals surface area contributed by atoms with Crippen LogP contribution < -0.4 is 15.1 Å². The predicted molar refractivity (Wildman–Crippen MR) is 126 cm³/mol. The molecule has 198 valence electrons. The number of carbonyl (C=O) groups is 1. The Bertz CT molecular complexity index is 1460. The van der Waals surface area contributed by atoms with E-state index in [-0.39, 0.29) is 34.4 Å². The number of hydrogen-bond acceptors (Lipinski definition) is 7. The lowest BCUT2D eigenvalue weighted by Gasteiger charge is -2.31. The smallest absolute Gasteiger partial charge is 0.492 e. The maximum Gasteiger partial charge on any atom is 0.673 e. The van der Waals surface area contributed by atoms with E-state index < -0.39 is 35.0 Å². The Labute approximate surface area is 208 Å². The van der Waals surface area contributed by atoms with Crippen LogP contribution in [0.4, 0.5) is 32.3 Å². The number of anilines is 1. The number of hydrogen-bond donors (Lipinski definition) is 1. The van der Waals surface area contributed by atoms with Crippen LogP contribution in [0.2, 0.25) is 0 Å². The lowest BCUT2D eigenvalue weighted by Crippen LogP contribution is -2.31. The standard InChI is InChI=1S/C21H18FN3O6S.BF4/c1-31-20-17-12(19(26)13(21(27)28)9-24(17)11-2-3-11)7-14(22)18(20)23-5-4-15-10(8-23)6-16(32-15)25(29)30;2-1(3,4)5/h6-7,9,11H,2-5,8H2,1H3,(H,27,28);/q;-1. The first kappa shape index (κ1) is 26.4. The van der Waals surface area contributed by atoms with E-state index in [9.17, 15) is 42.1 Å². The molecule has 5 rings (SSSR count). The molecule has 0 atom stereocenters. The number of aromatic carboxylic acids is 1. The first-order valence-electron chi connectivity index (χ1n) is 10.9. The molecule has 3 heterocycles. The molecular weight excluding hydrogens is 528 g/mol. The summed E-state index contributed by atoms with van der Waals surface area (Å²) in [6, 6.07) is 2.60. The largest absolute Gasteiger partial charge is 0.673 e. The maximum atomic E-state index is 15.4. The average molecular weight is 546 g/mol. The van der Waals surface area contributed by atoms with Crippen LogP contribution in [-0.4, -0.2) is 41.5 Å². The van der Waals surface area contributed by atoms with E-state index in [2.05, 4.69) is 0 Å². The molecule has 0 saturated heterocycles. The van der Waals surface area contributed by atoms with Crippen molar-refractivity contribution in [1.29, 1.82) is 0 Å². The van der Waals surface area contributed by atoms with Crippen LogP contribution in [0.25, 0.3) is 10.9 Å². The fourth-order valence-corrected chi connectivity index (χ4v) is 5.30. The number of fused-ring (bicyclic) bond motifs is 2. The highest BCUT2D eigenvalue weighted by Crippen LogP contribution is 2.45. The van der Waals surface area contributed by atoms with Crippen molar-refractivity contribution in [2.24, 2.45) is 0 Å². The molecule has 0 unspecified atom stereocenters. The van der Waals surface area contributed by atoms with Gasteiger partial charge >= 0.3 is 18.2 Å². The number of nitrogens with zero attached hydrogens (tertiary/aromatic N) is 3. The third kappa shape index (κ3) is 5.38. The summed E-state index contributed by atoms with van der Waals surface area (Å²) in [6.07, 6.45) is 3.46. The minimum atomic E-state index is -6.00. The second-order valence-electron chi connectivity index (χ2n) is 8.41. The van der Waals surface area contributed by atoms with E-state index in [1.807, 2.05) is 0 Å². The van der Waals surface area contributed by atoms with Crippen LogP contribution in [-0.2, 0) is 13.0 Å². The van der Waals surface area contributed by atoms with Crippen molar-refractivity contribution >= 4 is 46.2 Å². The maximum absolute atomic E-state index is 15.4. The number of carboxylic acids is 1. The molecule has 1 aliphatic heterocycles. The minimum absolute atomic E-state index is 0.0101. The first-order chi connectivity index (χ1) is 17.3. The molecule has 0 amide bonds. The zero-order valence-electron chi connectivity index (χ0n) is 19.1. The Morgan fingerprint density at radius 2 is 1.92 bits per heavy atom. The fraction of sp³-hybridized carbons (Fsp3) is 0.333. The Hall–Kier alpha value is -3.69. The van der Waals surface area contributed by atoms with Gasteiger partial charge in [0, 0.05) is 36.3 Å². The topological polar surface area (TPSA) is 115 Å². The third-order valence-corrected chi connectivity index (χ3v) is 7.11. The molecule has 37 heavy (non-hydrogen) atoms. The van der Waals surface area contributed by atoms with Crippen LogP contribution in [0, 0.1) is 15.9 Å². The van der Waals surface area contributed by atoms with E-state index in [1.165, 1.54) is 19.4 Å². The third-order valence-electron chi connectivity index (χ3n) is 5.92. The summed E-state index contributed by atoms with van der Waals surface area (Å²) in [5.74, 6) is -1.91. The number of nitro groups is 1. The van der Waals surface area contributed by atoms with E-state index in [1.54, 1.807) is 9.47 Å². The van der Waals surface area contributed by atoms with Crippen molar-refractivity contribution < 1.29 is 41.2 Å². The molecule has 1 aliphatic carbocycles. The van der Waals surface area contributed by atoms with Gasteiger partial charge in [-0.05, 0) is 30.9 Å². The quantitative estimate of drug-likeness (QED) is 0.207. The lowest BCUT2D eigenvalue weighted by atomic mass is 10.0. The van der Waals surface area contributed by atoms with Crippen molar-refractivity contribution in [3.8, 4) is 5.75 Å². The zero-order valence-corrected chi connectivity index (χ0v) is 19.9. The molecule has 16 heteroatoms. The van der Waals surface area contributed by atoms with E-state index in [0.717, 1.165) is 40.7 Å². The van der Waals surface area contributed by atoms with Crippen molar-refractivity contribution in [2.45, 2.75) is 31.8 Å². The van der Waals surface area contributed by atoms with Gasteiger partial charge in [-0.2, -0.15) is 0 Å². The van der Waals surface area contributed by atoms with Gasteiger partial charge in [0.1, 0.15) is 11.3 Å². The number of pyridine rings is 1. The number of methoxy groups -OCH3 is 1. The van der Waals surface area contributed by atoms with Crippen LogP contribution in [0.3, 0.4) is 0 Å². The molecule has 0 bridgehead atoms. The Kier molecular flexibility index (Phi) is 6.88. The molecule has 3 aromatic rings. The number of aromatic nitrogens is 1. The molecular formula is C21H18BF5N3O6S-. The van der Waals surface area contributed by atoms with E-state index in [4.69, 9.17) is 4.74 Å². The van der Waals surface area contributed by atoms with Gasteiger partial charge < -0.3 is 36.6 Å². The monoisotopic (exact) mass is 546 g/mol. The van der Waals surface area contributed by atoms with Gasteiger partial charge in [-0.25, -0.2) is 9.18 Å². The minimum Gasteiger partial charge on any atom is -0.492 e. The lowest BCUT2D eigenvalue weighted by molar-refractivity contribution is -0.380. The van der Waals surface area contributed by atoms with Crippen LogP contribution in [0.5, 0.6) is 5.75 Å². The summed E-state index contributed by atoms with van der Waals surface area (Å²) < 4.78 is 61.7. The highest BCUT2D eigenvalue weighted by Gasteiger charge is 2.33. The number of thiophene rings is 1. The fourth-order valence-electron chi connectivity index (χ4n) is 4.32. The summed E-state index contributed by atoms with van der Waals surface area (Å²) >= 11 is 1.13. The summed E-state index contributed by atoms with van der Waals surface area (Å²) in [5, 5.41) is 20.6. The number of rotatable bonds is 5. The first-order valence-corrected chi connectivity index (χ1v) is 11.7. The van der Waals surface area contributed by atoms with Crippen molar-refractivity contribution in [2.75, 3.05) is 18.6 Å². The van der Waals surface area contributed by atoms with Crippen molar-refractivity contribution in [3.05, 3.63) is 60.5 Å². The second-order valence-corrected chi connectivity index (χ2v) is 9.52. The summed E-state index contributed by atoms with van der Waals surface area (Å²) in [7, 11) is -4.62. The van der Waals surface area contributed by atoms with Gasteiger partial charge in [-0.1, -0.05) is 11.3 Å². The van der Waals surface area contributed by atoms with Gasteiger partial charge in [0.15, 0.2) is 11.6 Å². The highest BCUT2D eigenvalue weighted by atomic mass is 32.1. The molecule has 9 nitrogen and oxygen atoms in total. The number of carboxylic acid groups (broad SMARTS) is 1. The number of ether oxygens (including phenoxy) is 1. The number of benzene rings is 1. The van der Waals surface area contributed by atoms with E-state index >= 15 is 4.39 Å². The highest BCUT2D eigenvalue weighted by molar-refractivity contribution is 7.15. The van der Waals surface area contributed by atoms with Gasteiger partial charge in [0.2, 0.25) is 5.43 Å². The Morgan fingerprint density at radius 1 is 1.27 bits per heavy atom.